The zero-order valence-corrected chi connectivity index (χ0v) is 15.6. The van der Waals surface area contributed by atoms with E-state index in [1.54, 1.807) is 0 Å². The monoisotopic (exact) mass is 389 g/mol. The molecule has 0 atom stereocenters. The fourth-order valence-electron chi connectivity index (χ4n) is 1.88. The van der Waals surface area contributed by atoms with Gasteiger partial charge in [0.05, 0.1) is 6.54 Å². The molecule has 0 saturated heterocycles. The summed E-state index contributed by atoms with van der Waals surface area (Å²) in [5.74, 6) is 0.876. The Bertz CT molecular complexity index is 422. The quantitative estimate of drug-likeness (QED) is 0.468. The van der Waals surface area contributed by atoms with Crippen LogP contribution in [-0.4, -0.2) is 18.0 Å². The van der Waals surface area contributed by atoms with Gasteiger partial charge in [0.15, 0.2) is 5.96 Å². The Hall–Kier alpha value is -0.780. The van der Waals surface area contributed by atoms with E-state index in [-0.39, 0.29) is 29.5 Å². The first-order chi connectivity index (χ1) is 8.96. The van der Waals surface area contributed by atoms with Crippen LogP contribution in [-0.2, 0) is 13.0 Å². The van der Waals surface area contributed by atoms with Gasteiger partial charge in [-0.25, -0.2) is 4.99 Å². The molecule has 1 aromatic rings. The lowest BCUT2D eigenvalue weighted by Crippen LogP contribution is -2.47. The van der Waals surface area contributed by atoms with Crippen molar-refractivity contribution in [1.82, 2.24) is 10.6 Å². The van der Waals surface area contributed by atoms with Gasteiger partial charge in [-0.3, -0.25) is 0 Å². The van der Waals surface area contributed by atoms with Crippen LogP contribution in [0.25, 0.3) is 0 Å². The molecule has 0 aliphatic rings. The number of hydrogen-bond acceptors (Lipinski definition) is 1. The topological polar surface area (TPSA) is 36.4 Å². The second-order valence-electron chi connectivity index (χ2n) is 5.69. The molecule has 0 heterocycles. The van der Waals surface area contributed by atoms with Crippen molar-refractivity contribution >= 4 is 29.9 Å². The molecular weight excluding hydrogens is 361 g/mol. The van der Waals surface area contributed by atoms with Gasteiger partial charge in [-0.1, -0.05) is 31.2 Å². The average Bonchev–Trinajstić information content (AvgIpc) is 2.35. The van der Waals surface area contributed by atoms with E-state index in [4.69, 9.17) is 0 Å². The van der Waals surface area contributed by atoms with Crippen LogP contribution < -0.4 is 10.6 Å². The van der Waals surface area contributed by atoms with Gasteiger partial charge in [-0.2, -0.15) is 0 Å². The lowest BCUT2D eigenvalue weighted by molar-refractivity contribution is 0.501. The minimum absolute atomic E-state index is 0. The van der Waals surface area contributed by atoms with Crippen LogP contribution in [0.1, 0.15) is 45.7 Å². The summed E-state index contributed by atoms with van der Waals surface area (Å²) in [6.07, 6.45) is 1.05. The van der Waals surface area contributed by atoms with E-state index in [2.05, 4.69) is 74.5 Å². The molecule has 0 aliphatic carbocycles. The van der Waals surface area contributed by atoms with Gasteiger partial charge in [-0.15, -0.1) is 24.0 Å². The van der Waals surface area contributed by atoms with Crippen LogP contribution in [0.5, 0.6) is 0 Å². The van der Waals surface area contributed by atoms with Crippen LogP contribution in [0.3, 0.4) is 0 Å². The molecule has 0 bridgehead atoms. The lowest BCUT2D eigenvalue weighted by Gasteiger charge is -2.23. The highest BCUT2D eigenvalue weighted by atomic mass is 127. The molecule has 20 heavy (non-hydrogen) atoms. The number of nitrogens with zero attached hydrogens (tertiary/aromatic N) is 1. The predicted octanol–water partition coefficient (Wildman–Crippen LogP) is 3.72. The molecular formula is C16H28IN3. The molecule has 0 aliphatic heterocycles. The van der Waals surface area contributed by atoms with E-state index in [0.29, 0.717) is 0 Å². The third kappa shape index (κ3) is 7.12. The summed E-state index contributed by atoms with van der Waals surface area (Å²) in [6.45, 7) is 12.3. The van der Waals surface area contributed by atoms with Crippen LogP contribution in [0.15, 0.2) is 29.3 Å². The zero-order chi connectivity index (χ0) is 14.3. The highest BCUT2D eigenvalue weighted by Gasteiger charge is 2.11. The Balaban J connectivity index is 0.00000361. The van der Waals surface area contributed by atoms with Crippen molar-refractivity contribution in [3.63, 3.8) is 0 Å². The standard InChI is InChI=1S/C16H27N3.HI/c1-6-13-10-8-9-11-14(13)12-18-15(17-7-2)19-16(3,4)5;/h8-11H,6-7,12H2,1-5H3,(H2,17,18,19);1H. The van der Waals surface area contributed by atoms with Crippen molar-refractivity contribution in [2.24, 2.45) is 4.99 Å². The maximum atomic E-state index is 4.67. The molecule has 3 nitrogen and oxygen atoms in total. The molecule has 1 aromatic carbocycles. The van der Waals surface area contributed by atoms with Gasteiger partial charge in [0, 0.05) is 12.1 Å². The van der Waals surface area contributed by atoms with E-state index >= 15 is 0 Å². The smallest absolute Gasteiger partial charge is 0.191 e. The number of aryl methyl sites for hydroxylation is 1. The molecule has 0 unspecified atom stereocenters. The van der Waals surface area contributed by atoms with E-state index in [1.807, 2.05) is 0 Å². The van der Waals surface area contributed by atoms with Gasteiger partial charge in [0.2, 0.25) is 0 Å². The summed E-state index contributed by atoms with van der Waals surface area (Å²) in [7, 11) is 0. The molecule has 0 aromatic heterocycles. The molecule has 1 rings (SSSR count). The van der Waals surface area contributed by atoms with Crippen molar-refractivity contribution in [2.75, 3.05) is 6.54 Å². The van der Waals surface area contributed by atoms with Crippen molar-refractivity contribution in [3.8, 4) is 0 Å². The Kier molecular flexibility index (Phi) is 8.85. The number of halogens is 1. The first-order valence-electron chi connectivity index (χ1n) is 7.09. The third-order valence-corrected chi connectivity index (χ3v) is 2.74. The molecule has 0 radical (unpaired) electrons. The van der Waals surface area contributed by atoms with Gasteiger partial charge in [0.1, 0.15) is 0 Å². The third-order valence-electron chi connectivity index (χ3n) is 2.74. The molecule has 0 amide bonds. The van der Waals surface area contributed by atoms with Crippen LogP contribution in [0, 0.1) is 0 Å². The van der Waals surface area contributed by atoms with E-state index in [0.717, 1.165) is 25.5 Å². The normalized spacial score (nSPS) is 11.8. The van der Waals surface area contributed by atoms with Crippen molar-refractivity contribution < 1.29 is 0 Å². The average molecular weight is 389 g/mol. The predicted molar refractivity (Wildman–Crippen MR) is 98.9 cm³/mol. The molecule has 0 fully saturated rings. The molecule has 114 valence electrons. The van der Waals surface area contributed by atoms with E-state index < -0.39 is 0 Å². The molecule has 0 saturated carbocycles. The highest BCUT2D eigenvalue weighted by molar-refractivity contribution is 14.0. The first-order valence-corrected chi connectivity index (χ1v) is 7.09. The van der Waals surface area contributed by atoms with E-state index in [9.17, 15) is 0 Å². The van der Waals surface area contributed by atoms with Crippen LogP contribution >= 0.6 is 24.0 Å². The Morgan fingerprint density at radius 2 is 1.70 bits per heavy atom. The molecule has 0 spiro atoms. The number of benzene rings is 1. The van der Waals surface area contributed by atoms with Gasteiger partial charge < -0.3 is 10.6 Å². The summed E-state index contributed by atoms with van der Waals surface area (Å²) < 4.78 is 0. The molecule has 2 N–H and O–H groups in total. The van der Waals surface area contributed by atoms with Crippen molar-refractivity contribution in [3.05, 3.63) is 35.4 Å². The number of guanidine groups is 1. The number of hydrogen-bond donors (Lipinski definition) is 2. The van der Waals surface area contributed by atoms with Crippen molar-refractivity contribution in [2.45, 2.75) is 53.1 Å². The summed E-state index contributed by atoms with van der Waals surface area (Å²) in [6, 6.07) is 8.50. The maximum absolute atomic E-state index is 4.67. The fourth-order valence-corrected chi connectivity index (χ4v) is 1.88. The van der Waals surface area contributed by atoms with Gasteiger partial charge in [0.25, 0.3) is 0 Å². The Morgan fingerprint density at radius 1 is 1.10 bits per heavy atom. The van der Waals surface area contributed by atoms with Crippen LogP contribution in [0.4, 0.5) is 0 Å². The number of rotatable bonds is 4. The SMILES string of the molecule is CCNC(=NCc1ccccc1CC)NC(C)(C)C.I. The number of nitrogens with one attached hydrogen (secondary N) is 2. The highest BCUT2D eigenvalue weighted by Crippen LogP contribution is 2.10. The minimum atomic E-state index is 0. The van der Waals surface area contributed by atoms with E-state index in [1.165, 1.54) is 11.1 Å². The number of aliphatic imine (C=N–C) groups is 1. The Labute approximate surface area is 140 Å². The van der Waals surface area contributed by atoms with Gasteiger partial charge >= 0.3 is 0 Å². The second kappa shape index (κ2) is 9.21. The second-order valence-corrected chi connectivity index (χ2v) is 5.69. The largest absolute Gasteiger partial charge is 0.357 e. The fraction of sp³-hybridized carbons (Fsp3) is 0.562. The summed E-state index contributed by atoms with van der Waals surface area (Å²) in [5, 5.41) is 6.69. The summed E-state index contributed by atoms with van der Waals surface area (Å²) in [5.41, 5.74) is 2.69. The lowest BCUT2D eigenvalue weighted by atomic mass is 10.1. The zero-order valence-electron chi connectivity index (χ0n) is 13.3. The van der Waals surface area contributed by atoms with Gasteiger partial charge in [-0.05, 0) is 45.2 Å². The molecule has 4 heteroatoms. The summed E-state index contributed by atoms with van der Waals surface area (Å²) >= 11 is 0. The Morgan fingerprint density at radius 3 is 2.20 bits per heavy atom. The maximum Gasteiger partial charge on any atom is 0.191 e. The first kappa shape index (κ1) is 19.2. The minimum Gasteiger partial charge on any atom is -0.357 e. The van der Waals surface area contributed by atoms with Crippen molar-refractivity contribution in [1.29, 1.82) is 0 Å². The van der Waals surface area contributed by atoms with Crippen LogP contribution in [0.2, 0.25) is 0 Å². The summed E-state index contributed by atoms with van der Waals surface area (Å²) in [4.78, 5) is 4.67.